The van der Waals surface area contributed by atoms with Crippen LogP contribution in [0.25, 0.3) is 0 Å². The third kappa shape index (κ3) is 3.61. The number of rotatable bonds is 5. The van der Waals surface area contributed by atoms with Crippen LogP contribution in [-0.4, -0.2) is 15.1 Å². The van der Waals surface area contributed by atoms with Gasteiger partial charge in [-0.2, -0.15) is 0 Å². The van der Waals surface area contributed by atoms with Gasteiger partial charge < -0.3 is 10.4 Å². The smallest absolute Gasteiger partial charge is 0.0724 e. The zero-order valence-electron chi connectivity index (χ0n) is 10.4. The monoisotopic (exact) mass is 243 g/mol. The molecule has 0 saturated heterocycles. The second-order valence-corrected chi connectivity index (χ2v) is 4.23. The van der Waals surface area contributed by atoms with Crippen molar-refractivity contribution in [3.63, 3.8) is 0 Å². The first-order valence-corrected chi connectivity index (χ1v) is 5.95. The van der Waals surface area contributed by atoms with E-state index in [1.807, 2.05) is 31.2 Å². The van der Waals surface area contributed by atoms with E-state index in [1.165, 1.54) is 5.56 Å². The van der Waals surface area contributed by atoms with Crippen LogP contribution in [0.4, 0.5) is 0 Å². The number of hydrogen-bond donors (Lipinski definition) is 2. The zero-order valence-corrected chi connectivity index (χ0v) is 10.4. The van der Waals surface area contributed by atoms with Gasteiger partial charge in [0, 0.05) is 25.5 Å². The number of nitrogens with zero attached hydrogens (tertiary/aromatic N) is 2. The van der Waals surface area contributed by atoms with Crippen LogP contribution in [0.5, 0.6) is 0 Å². The molecule has 0 amide bonds. The average Bonchev–Trinajstić information content (AvgIpc) is 2.42. The van der Waals surface area contributed by atoms with E-state index < -0.39 is 0 Å². The highest BCUT2D eigenvalue weighted by atomic mass is 16.3. The predicted octanol–water partition coefficient (Wildman–Crippen LogP) is 1.57. The molecule has 0 radical (unpaired) electrons. The molecular weight excluding hydrogens is 226 g/mol. The molecule has 18 heavy (non-hydrogen) atoms. The summed E-state index contributed by atoms with van der Waals surface area (Å²) in [6, 6.07) is 7.89. The molecule has 0 fully saturated rings. The van der Waals surface area contributed by atoms with Crippen molar-refractivity contribution in [1.82, 2.24) is 15.3 Å². The van der Waals surface area contributed by atoms with Crippen LogP contribution in [-0.2, 0) is 19.7 Å². The van der Waals surface area contributed by atoms with Crippen molar-refractivity contribution >= 4 is 0 Å². The third-order valence-corrected chi connectivity index (χ3v) is 2.68. The highest BCUT2D eigenvalue weighted by Gasteiger charge is 1.96. The molecule has 0 unspecified atom stereocenters. The van der Waals surface area contributed by atoms with Crippen LogP contribution in [0.15, 0.2) is 36.7 Å². The summed E-state index contributed by atoms with van der Waals surface area (Å²) in [4.78, 5) is 8.48. The fourth-order valence-electron chi connectivity index (χ4n) is 1.61. The van der Waals surface area contributed by atoms with Gasteiger partial charge >= 0.3 is 0 Å². The van der Waals surface area contributed by atoms with E-state index in [0.29, 0.717) is 6.54 Å². The minimum absolute atomic E-state index is 0.0899. The fraction of sp³-hybridized carbons (Fsp3) is 0.286. The Hall–Kier alpha value is -1.78. The third-order valence-electron chi connectivity index (χ3n) is 2.68. The zero-order chi connectivity index (χ0) is 12.8. The highest BCUT2D eigenvalue weighted by molar-refractivity contribution is 5.21. The number of aromatic nitrogens is 2. The SMILES string of the molecule is Cc1cnc(CNCc2ccc(CO)cc2)cn1. The number of hydrogen-bond acceptors (Lipinski definition) is 4. The summed E-state index contributed by atoms with van der Waals surface area (Å²) in [5.74, 6) is 0. The number of nitrogens with one attached hydrogen (secondary N) is 1. The molecular formula is C14H17N3O. The molecule has 94 valence electrons. The van der Waals surface area contributed by atoms with E-state index in [-0.39, 0.29) is 6.61 Å². The normalized spacial score (nSPS) is 10.6. The largest absolute Gasteiger partial charge is 0.392 e. The Bertz CT molecular complexity index is 479. The second-order valence-electron chi connectivity index (χ2n) is 4.23. The van der Waals surface area contributed by atoms with Crippen molar-refractivity contribution < 1.29 is 5.11 Å². The minimum atomic E-state index is 0.0899. The van der Waals surface area contributed by atoms with Crippen molar-refractivity contribution in [3.05, 3.63) is 59.2 Å². The van der Waals surface area contributed by atoms with Gasteiger partial charge in [0.15, 0.2) is 0 Å². The quantitative estimate of drug-likeness (QED) is 0.837. The summed E-state index contributed by atoms with van der Waals surface area (Å²) in [5, 5.41) is 12.3. The van der Waals surface area contributed by atoms with Crippen molar-refractivity contribution in [1.29, 1.82) is 0 Å². The molecule has 2 rings (SSSR count). The summed E-state index contributed by atoms with van der Waals surface area (Å²) in [6.45, 7) is 3.50. The van der Waals surface area contributed by atoms with Crippen molar-refractivity contribution in [2.75, 3.05) is 0 Å². The lowest BCUT2D eigenvalue weighted by Gasteiger charge is -2.05. The maximum absolute atomic E-state index is 8.94. The van der Waals surface area contributed by atoms with Crippen LogP contribution >= 0.6 is 0 Å². The van der Waals surface area contributed by atoms with E-state index in [2.05, 4.69) is 15.3 Å². The number of aliphatic hydroxyl groups excluding tert-OH is 1. The maximum atomic E-state index is 8.94. The average molecular weight is 243 g/mol. The van der Waals surface area contributed by atoms with Gasteiger partial charge in [-0.15, -0.1) is 0 Å². The first-order valence-electron chi connectivity index (χ1n) is 5.95. The molecule has 4 heteroatoms. The van der Waals surface area contributed by atoms with Crippen molar-refractivity contribution in [3.8, 4) is 0 Å². The van der Waals surface area contributed by atoms with E-state index in [1.54, 1.807) is 12.4 Å². The lowest BCUT2D eigenvalue weighted by atomic mass is 10.1. The molecule has 0 spiro atoms. The number of aliphatic hydroxyl groups is 1. The number of aryl methyl sites for hydroxylation is 1. The molecule has 0 saturated carbocycles. The lowest BCUT2D eigenvalue weighted by Crippen LogP contribution is -2.14. The van der Waals surface area contributed by atoms with Crippen molar-refractivity contribution in [2.45, 2.75) is 26.6 Å². The van der Waals surface area contributed by atoms with E-state index in [0.717, 1.165) is 23.5 Å². The molecule has 2 N–H and O–H groups in total. The van der Waals surface area contributed by atoms with Crippen LogP contribution in [0.2, 0.25) is 0 Å². The molecule has 0 aliphatic carbocycles. The Kier molecular flexibility index (Phi) is 4.39. The molecule has 1 aromatic heterocycles. The predicted molar refractivity (Wildman–Crippen MR) is 69.7 cm³/mol. The summed E-state index contributed by atoms with van der Waals surface area (Å²) >= 11 is 0. The first-order chi connectivity index (χ1) is 8.78. The molecule has 4 nitrogen and oxygen atoms in total. The van der Waals surface area contributed by atoms with Gasteiger partial charge in [-0.25, -0.2) is 0 Å². The van der Waals surface area contributed by atoms with Gasteiger partial charge in [0.05, 0.1) is 18.0 Å². The molecule has 1 aromatic carbocycles. The van der Waals surface area contributed by atoms with Gasteiger partial charge in [0.25, 0.3) is 0 Å². The molecule has 0 bridgehead atoms. The minimum Gasteiger partial charge on any atom is -0.392 e. The van der Waals surface area contributed by atoms with Gasteiger partial charge in [-0.3, -0.25) is 9.97 Å². The summed E-state index contributed by atoms with van der Waals surface area (Å²) in [5.41, 5.74) is 3.99. The first kappa shape index (κ1) is 12.7. The highest BCUT2D eigenvalue weighted by Crippen LogP contribution is 2.04. The molecule has 0 aliphatic rings. The van der Waals surface area contributed by atoms with Crippen molar-refractivity contribution in [2.24, 2.45) is 0 Å². The van der Waals surface area contributed by atoms with E-state index in [9.17, 15) is 0 Å². The lowest BCUT2D eigenvalue weighted by molar-refractivity contribution is 0.282. The van der Waals surface area contributed by atoms with Gasteiger partial charge in [0.2, 0.25) is 0 Å². The summed E-state index contributed by atoms with van der Waals surface area (Å²) in [6.07, 6.45) is 3.56. The van der Waals surface area contributed by atoms with Gasteiger partial charge in [-0.05, 0) is 18.1 Å². The Morgan fingerprint density at radius 1 is 1.00 bits per heavy atom. The Morgan fingerprint density at radius 2 is 1.72 bits per heavy atom. The van der Waals surface area contributed by atoms with E-state index in [4.69, 9.17) is 5.11 Å². The second kappa shape index (κ2) is 6.23. The fourth-order valence-corrected chi connectivity index (χ4v) is 1.61. The molecule has 0 atom stereocenters. The van der Waals surface area contributed by atoms with Gasteiger partial charge in [0.1, 0.15) is 0 Å². The van der Waals surface area contributed by atoms with Crippen LogP contribution in [0.1, 0.15) is 22.5 Å². The Labute approximate surface area is 107 Å². The van der Waals surface area contributed by atoms with Crippen LogP contribution < -0.4 is 5.32 Å². The van der Waals surface area contributed by atoms with E-state index >= 15 is 0 Å². The summed E-state index contributed by atoms with van der Waals surface area (Å²) in [7, 11) is 0. The van der Waals surface area contributed by atoms with Crippen LogP contribution in [0.3, 0.4) is 0 Å². The molecule has 0 aliphatic heterocycles. The summed E-state index contributed by atoms with van der Waals surface area (Å²) < 4.78 is 0. The van der Waals surface area contributed by atoms with Crippen LogP contribution in [0, 0.1) is 6.92 Å². The standard InChI is InChI=1S/C14H17N3O/c1-11-6-17-14(9-16-11)8-15-7-12-2-4-13(10-18)5-3-12/h2-6,9,15,18H,7-8,10H2,1H3. The Balaban J connectivity index is 1.82. The Morgan fingerprint density at radius 3 is 2.33 bits per heavy atom. The maximum Gasteiger partial charge on any atom is 0.0724 e. The molecule has 1 heterocycles. The number of benzene rings is 1. The van der Waals surface area contributed by atoms with Gasteiger partial charge in [-0.1, -0.05) is 24.3 Å². The molecule has 2 aromatic rings. The topological polar surface area (TPSA) is 58.0 Å².